The number of aliphatic hydroxyl groups is 1. The Morgan fingerprint density at radius 1 is 1.17 bits per heavy atom. The number of anilines is 2. The molecule has 1 saturated heterocycles. The molecule has 2 N–H and O–H groups in total. The summed E-state index contributed by atoms with van der Waals surface area (Å²) in [5.74, 6) is -0.267. The lowest BCUT2D eigenvalue weighted by Gasteiger charge is -2.22. The van der Waals surface area contributed by atoms with Crippen LogP contribution in [0, 0.1) is 0 Å². The summed E-state index contributed by atoms with van der Waals surface area (Å²) in [6, 6.07) is 9.65. The Hall–Kier alpha value is -3.33. The number of hydrogen-bond donors (Lipinski definition) is 2. The highest BCUT2D eigenvalue weighted by Gasteiger charge is 2.32. The van der Waals surface area contributed by atoms with Gasteiger partial charge < -0.3 is 19.7 Å². The monoisotopic (exact) mass is 417 g/mol. The first-order valence-corrected chi connectivity index (χ1v) is 9.27. The van der Waals surface area contributed by atoms with Gasteiger partial charge in [-0.25, -0.2) is 0 Å². The Kier molecular flexibility index (Phi) is 5.21. The van der Waals surface area contributed by atoms with Gasteiger partial charge in [0.1, 0.15) is 5.76 Å². The highest BCUT2D eigenvalue weighted by atomic mass is 19.4. The van der Waals surface area contributed by atoms with E-state index in [1.165, 1.54) is 12.1 Å². The summed E-state index contributed by atoms with van der Waals surface area (Å²) < 4.78 is 45.2. The normalized spacial score (nSPS) is 16.7. The molecule has 2 aromatic heterocycles. The van der Waals surface area contributed by atoms with Crippen LogP contribution in [0.3, 0.4) is 0 Å². The zero-order valence-corrected chi connectivity index (χ0v) is 15.7. The van der Waals surface area contributed by atoms with Gasteiger partial charge in [-0.05, 0) is 48.9 Å². The fraction of sp³-hybridized carbons (Fsp3) is 0.238. The first-order valence-electron chi connectivity index (χ1n) is 9.27. The van der Waals surface area contributed by atoms with E-state index in [4.69, 9.17) is 4.42 Å². The maximum atomic E-state index is 13.2. The van der Waals surface area contributed by atoms with Crippen molar-refractivity contribution >= 4 is 17.3 Å². The van der Waals surface area contributed by atoms with E-state index in [9.17, 15) is 23.1 Å². The predicted molar refractivity (Wildman–Crippen MR) is 104 cm³/mol. The first-order chi connectivity index (χ1) is 14.3. The number of β-amino-alcohol motifs (C(OH)–C–C–N with tert-alkyl or cyclic N) is 1. The summed E-state index contributed by atoms with van der Waals surface area (Å²) in [5.41, 5.74) is 0.257. The molecule has 1 amide bonds. The van der Waals surface area contributed by atoms with E-state index in [-0.39, 0.29) is 18.0 Å². The fourth-order valence-corrected chi connectivity index (χ4v) is 3.36. The maximum Gasteiger partial charge on any atom is 0.416 e. The van der Waals surface area contributed by atoms with Gasteiger partial charge in [-0.15, -0.1) is 0 Å². The Morgan fingerprint density at radius 2 is 1.93 bits per heavy atom. The van der Waals surface area contributed by atoms with Gasteiger partial charge in [0.15, 0.2) is 5.76 Å². The molecule has 0 spiro atoms. The van der Waals surface area contributed by atoms with E-state index < -0.39 is 23.8 Å². The van der Waals surface area contributed by atoms with E-state index in [1.807, 2.05) is 0 Å². The molecule has 0 aliphatic carbocycles. The Morgan fingerprint density at radius 3 is 2.60 bits per heavy atom. The Bertz CT molecular complexity index is 1050. The van der Waals surface area contributed by atoms with Crippen molar-refractivity contribution in [1.29, 1.82) is 0 Å². The van der Waals surface area contributed by atoms with E-state index in [1.54, 1.807) is 35.5 Å². The second-order valence-electron chi connectivity index (χ2n) is 6.97. The highest BCUT2D eigenvalue weighted by Crippen LogP contribution is 2.37. The van der Waals surface area contributed by atoms with Gasteiger partial charge in [0.25, 0.3) is 5.91 Å². The third-order valence-electron chi connectivity index (χ3n) is 4.87. The number of halogens is 3. The largest absolute Gasteiger partial charge is 0.451 e. The molecule has 0 bridgehead atoms. The van der Waals surface area contributed by atoms with Crippen molar-refractivity contribution < 1.29 is 27.5 Å². The van der Waals surface area contributed by atoms with Crippen molar-refractivity contribution in [3.8, 4) is 11.3 Å². The van der Waals surface area contributed by atoms with Gasteiger partial charge in [0.05, 0.1) is 23.0 Å². The molecular formula is C21H18F3N3O3. The Labute approximate surface area is 170 Å². The summed E-state index contributed by atoms with van der Waals surface area (Å²) in [6.45, 7) is 0.753. The number of benzene rings is 1. The van der Waals surface area contributed by atoms with Crippen LogP contribution in [-0.4, -0.2) is 35.2 Å². The second-order valence-corrected chi connectivity index (χ2v) is 6.97. The van der Waals surface area contributed by atoms with Gasteiger partial charge in [-0.3, -0.25) is 9.78 Å². The smallest absolute Gasteiger partial charge is 0.416 e. The number of amides is 1. The number of hydrogen-bond acceptors (Lipinski definition) is 5. The first kappa shape index (κ1) is 20.0. The lowest BCUT2D eigenvalue weighted by atomic mass is 10.1. The third kappa shape index (κ3) is 4.16. The lowest BCUT2D eigenvalue weighted by molar-refractivity contribution is -0.137. The molecule has 1 aromatic carbocycles. The van der Waals surface area contributed by atoms with Crippen molar-refractivity contribution in [3.63, 3.8) is 0 Å². The molecule has 0 radical (unpaired) electrons. The van der Waals surface area contributed by atoms with Crippen LogP contribution < -0.4 is 10.2 Å². The van der Waals surface area contributed by atoms with E-state index in [2.05, 4.69) is 10.3 Å². The van der Waals surface area contributed by atoms with Crippen molar-refractivity contribution in [2.24, 2.45) is 0 Å². The van der Waals surface area contributed by atoms with Gasteiger partial charge in [-0.2, -0.15) is 13.2 Å². The minimum Gasteiger partial charge on any atom is -0.451 e. The minimum absolute atomic E-state index is 0.00536. The molecule has 4 rings (SSSR count). The average molecular weight is 417 g/mol. The molecule has 3 heterocycles. The molecule has 1 aliphatic rings. The molecule has 1 aliphatic heterocycles. The SMILES string of the molecule is O=C(Nc1cc(C(F)(F)F)ccc1N1CCC(O)C1)c1ccc(-c2ccncc2)o1. The van der Waals surface area contributed by atoms with Crippen molar-refractivity contribution in [1.82, 2.24) is 4.98 Å². The van der Waals surface area contributed by atoms with Gasteiger partial charge >= 0.3 is 6.18 Å². The number of carbonyl (C=O) groups excluding carboxylic acids is 1. The third-order valence-corrected chi connectivity index (χ3v) is 4.87. The van der Waals surface area contributed by atoms with Crippen molar-refractivity contribution in [2.45, 2.75) is 18.7 Å². The number of aromatic nitrogens is 1. The standard InChI is InChI=1S/C21H18F3N3O3/c22-21(23,24)14-1-2-17(27-10-7-15(28)12-27)16(11-14)26-20(29)19-4-3-18(30-19)13-5-8-25-9-6-13/h1-6,8-9,11,15,28H,7,10,12H2,(H,26,29). The maximum absolute atomic E-state index is 13.2. The van der Waals surface area contributed by atoms with Crippen LogP contribution in [0.4, 0.5) is 24.5 Å². The van der Waals surface area contributed by atoms with E-state index >= 15 is 0 Å². The van der Waals surface area contributed by atoms with Crippen LogP contribution in [0.2, 0.25) is 0 Å². The highest BCUT2D eigenvalue weighted by molar-refractivity contribution is 6.04. The fourth-order valence-electron chi connectivity index (χ4n) is 3.36. The molecular weight excluding hydrogens is 399 g/mol. The molecule has 1 atom stereocenters. The number of nitrogens with one attached hydrogen (secondary N) is 1. The average Bonchev–Trinajstić information content (AvgIpc) is 3.37. The topological polar surface area (TPSA) is 78.6 Å². The van der Waals surface area contributed by atoms with Gasteiger partial charge in [0.2, 0.25) is 0 Å². The lowest BCUT2D eigenvalue weighted by Crippen LogP contribution is -2.24. The van der Waals surface area contributed by atoms with Crippen LogP contribution in [0.15, 0.2) is 59.3 Å². The quantitative estimate of drug-likeness (QED) is 0.666. The van der Waals surface area contributed by atoms with Crippen LogP contribution in [-0.2, 0) is 6.18 Å². The van der Waals surface area contributed by atoms with Crippen LogP contribution in [0.1, 0.15) is 22.5 Å². The Balaban J connectivity index is 1.62. The van der Waals surface area contributed by atoms with Crippen molar-refractivity contribution in [2.75, 3.05) is 23.3 Å². The van der Waals surface area contributed by atoms with Crippen LogP contribution in [0.5, 0.6) is 0 Å². The summed E-state index contributed by atoms with van der Waals surface area (Å²) in [7, 11) is 0. The summed E-state index contributed by atoms with van der Waals surface area (Å²) in [6.07, 6.45) is -1.46. The zero-order chi connectivity index (χ0) is 21.3. The second kappa shape index (κ2) is 7.83. The number of furan rings is 1. The van der Waals surface area contributed by atoms with Crippen molar-refractivity contribution in [3.05, 3.63) is 66.2 Å². The van der Waals surface area contributed by atoms with Gasteiger partial charge in [0, 0.05) is 31.0 Å². The summed E-state index contributed by atoms with van der Waals surface area (Å²) in [4.78, 5) is 18.3. The zero-order valence-electron chi connectivity index (χ0n) is 15.7. The molecule has 3 aromatic rings. The molecule has 9 heteroatoms. The summed E-state index contributed by atoms with van der Waals surface area (Å²) in [5, 5.41) is 12.3. The predicted octanol–water partition coefficient (Wildman–Crippen LogP) is 4.18. The number of pyridine rings is 1. The molecule has 0 saturated carbocycles. The number of nitrogens with zero attached hydrogens (tertiary/aromatic N) is 2. The van der Waals surface area contributed by atoms with Gasteiger partial charge in [-0.1, -0.05) is 0 Å². The molecule has 156 valence electrons. The number of rotatable bonds is 4. The number of carbonyl (C=O) groups is 1. The molecule has 1 unspecified atom stereocenters. The molecule has 6 nitrogen and oxygen atoms in total. The van der Waals surface area contributed by atoms with Crippen LogP contribution in [0.25, 0.3) is 11.3 Å². The van der Waals surface area contributed by atoms with Crippen LogP contribution >= 0.6 is 0 Å². The van der Waals surface area contributed by atoms with E-state index in [0.29, 0.717) is 24.4 Å². The summed E-state index contributed by atoms with van der Waals surface area (Å²) >= 11 is 0. The van der Waals surface area contributed by atoms with E-state index in [0.717, 1.165) is 17.7 Å². The minimum atomic E-state index is -4.55. The molecule has 30 heavy (non-hydrogen) atoms. The number of aliphatic hydroxyl groups excluding tert-OH is 1. The number of alkyl halides is 3. The molecule has 1 fully saturated rings.